The first-order chi connectivity index (χ1) is 6.91. The Morgan fingerprint density at radius 1 is 1.27 bits per heavy atom. The Labute approximate surface area is 81.5 Å². The fraction of sp³-hybridized carbons (Fsp3) is 0.222. The van der Waals surface area contributed by atoms with Crippen LogP contribution in [0.25, 0.3) is 11.0 Å². The smallest absolute Gasteiger partial charge is 0.356 e. The van der Waals surface area contributed by atoms with Crippen molar-refractivity contribution in [1.29, 1.82) is 0 Å². The third-order valence-electron chi connectivity index (χ3n) is 2.04. The highest BCUT2D eigenvalue weighted by molar-refractivity contribution is 5.83. The van der Waals surface area contributed by atoms with Gasteiger partial charge in [0.1, 0.15) is 11.4 Å². The second-order valence-electron chi connectivity index (χ2n) is 3.06. The van der Waals surface area contributed by atoms with Gasteiger partial charge < -0.3 is 4.52 Å². The predicted molar refractivity (Wildman–Crippen MR) is 43.7 cm³/mol. The van der Waals surface area contributed by atoms with Crippen LogP contribution < -0.4 is 0 Å². The maximum Gasteiger partial charge on any atom is 0.420 e. The Morgan fingerprint density at radius 2 is 1.93 bits per heavy atom. The van der Waals surface area contributed by atoms with Crippen LogP contribution in [0.2, 0.25) is 0 Å². The van der Waals surface area contributed by atoms with Crippen LogP contribution in [-0.2, 0) is 6.18 Å². The van der Waals surface area contributed by atoms with Crippen molar-refractivity contribution >= 4 is 11.0 Å². The molecule has 0 fully saturated rings. The zero-order valence-electron chi connectivity index (χ0n) is 7.52. The average molecular weight is 219 g/mol. The molecule has 0 saturated heterocycles. The van der Waals surface area contributed by atoms with Gasteiger partial charge >= 0.3 is 6.18 Å². The van der Waals surface area contributed by atoms with Gasteiger partial charge in [0.15, 0.2) is 5.58 Å². The van der Waals surface area contributed by atoms with Crippen LogP contribution in [0.5, 0.6) is 0 Å². The van der Waals surface area contributed by atoms with Crippen molar-refractivity contribution in [2.24, 2.45) is 0 Å². The first kappa shape index (κ1) is 9.95. The third-order valence-corrected chi connectivity index (χ3v) is 2.04. The Bertz CT molecular complexity index is 515. The summed E-state index contributed by atoms with van der Waals surface area (Å²) in [7, 11) is 0. The number of aromatic nitrogens is 1. The quantitative estimate of drug-likeness (QED) is 0.635. The Kier molecular flexibility index (Phi) is 1.95. The first-order valence-corrected chi connectivity index (χ1v) is 4.03. The predicted octanol–water partition coefficient (Wildman–Crippen LogP) is 3.29. The van der Waals surface area contributed by atoms with Crippen molar-refractivity contribution in [1.82, 2.24) is 5.16 Å². The highest BCUT2D eigenvalue weighted by Crippen LogP contribution is 2.37. The Hall–Kier alpha value is -1.59. The molecule has 2 nitrogen and oxygen atoms in total. The van der Waals surface area contributed by atoms with Crippen molar-refractivity contribution in [3.63, 3.8) is 0 Å². The van der Waals surface area contributed by atoms with E-state index >= 15 is 0 Å². The van der Waals surface area contributed by atoms with E-state index in [-0.39, 0.29) is 16.7 Å². The maximum absolute atomic E-state index is 13.1. The Balaban J connectivity index is 2.90. The summed E-state index contributed by atoms with van der Waals surface area (Å²) >= 11 is 0. The third kappa shape index (κ3) is 1.45. The second-order valence-corrected chi connectivity index (χ2v) is 3.06. The summed E-state index contributed by atoms with van der Waals surface area (Å²) in [6.07, 6.45) is -4.75. The molecular weight excluding hydrogens is 214 g/mol. The molecule has 0 saturated carbocycles. The molecule has 1 aromatic heterocycles. The van der Waals surface area contributed by atoms with E-state index in [0.717, 1.165) is 12.1 Å². The molecule has 0 radical (unpaired) electrons. The van der Waals surface area contributed by atoms with Crippen LogP contribution in [0.1, 0.15) is 11.3 Å². The van der Waals surface area contributed by atoms with Crippen molar-refractivity contribution in [3.05, 3.63) is 29.2 Å². The molecule has 0 atom stereocenters. The van der Waals surface area contributed by atoms with Gasteiger partial charge in [-0.15, -0.1) is 0 Å². The second kappa shape index (κ2) is 2.95. The molecule has 0 bridgehead atoms. The molecule has 2 aromatic rings. The molecule has 15 heavy (non-hydrogen) atoms. The summed E-state index contributed by atoms with van der Waals surface area (Å²) in [5, 5.41) is 3.05. The molecule has 1 aromatic carbocycles. The van der Waals surface area contributed by atoms with E-state index < -0.39 is 17.6 Å². The van der Waals surface area contributed by atoms with Gasteiger partial charge in [-0.25, -0.2) is 4.39 Å². The van der Waals surface area contributed by atoms with Crippen LogP contribution in [0.4, 0.5) is 17.6 Å². The summed E-state index contributed by atoms with van der Waals surface area (Å²) in [5.74, 6) is -1.32. The SMILES string of the molecule is Cc1noc2ccc(F)c(C(F)(F)F)c12. The van der Waals surface area contributed by atoms with Crippen LogP contribution in [0.3, 0.4) is 0 Å². The molecule has 6 heteroatoms. The van der Waals surface area contributed by atoms with E-state index in [4.69, 9.17) is 0 Å². The first-order valence-electron chi connectivity index (χ1n) is 4.03. The maximum atomic E-state index is 13.1. The summed E-state index contributed by atoms with van der Waals surface area (Å²) in [4.78, 5) is 0. The van der Waals surface area contributed by atoms with E-state index in [1.807, 2.05) is 0 Å². The molecule has 0 spiro atoms. The molecule has 2 rings (SSSR count). The van der Waals surface area contributed by atoms with Gasteiger partial charge in [-0.2, -0.15) is 13.2 Å². The lowest BCUT2D eigenvalue weighted by atomic mass is 10.1. The number of halogens is 4. The standard InChI is InChI=1S/C9H5F4NO/c1-4-7-6(15-14-4)3-2-5(10)8(7)9(11,12)13/h2-3H,1H3. The molecule has 1 heterocycles. The van der Waals surface area contributed by atoms with Gasteiger partial charge in [0.2, 0.25) is 0 Å². The molecule has 0 N–H and O–H groups in total. The lowest BCUT2D eigenvalue weighted by Gasteiger charge is -2.08. The lowest BCUT2D eigenvalue weighted by molar-refractivity contribution is -0.138. The van der Waals surface area contributed by atoms with Crippen LogP contribution >= 0.6 is 0 Å². The minimum absolute atomic E-state index is 0.0248. The molecule has 0 aliphatic carbocycles. The van der Waals surface area contributed by atoms with E-state index in [2.05, 4.69) is 9.68 Å². The van der Waals surface area contributed by atoms with Gasteiger partial charge in [0.25, 0.3) is 0 Å². The lowest BCUT2D eigenvalue weighted by Crippen LogP contribution is -2.08. The van der Waals surface area contributed by atoms with E-state index in [0.29, 0.717) is 0 Å². The molecule has 0 aliphatic rings. The molecule has 0 unspecified atom stereocenters. The monoisotopic (exact) mass is 219 g/mol. The molecular formula is C9H5F4NO. The fourth-order valence-corrected chi connectivity index (χ4v) is 1.43. The van der Waals surface area contributed by atoms with Crippen molar-refractivity contribution in [2.75, 3.05) is 0 Å². The number of aryl methyl sites for hydroxylation is 1. The van der Waals surface area contributed by atoms with Gasteiger partial charge in [-0.3, -0.25) is 0 Å². The highest BCUT2D eigenvalue weighted by Gasteiger charge is 2.37. The normalized spacial score (nSPS) is 12.3. The minimum atomic E-state index is -4.75. The average Bonchev–Trinajstić information content (AvgIpc) is 2.46. The number of hydrogen-bond donors (Lipinski definition) is 0. The number of benzene rings is 1. The van der Waals surface area contributed by atoms with E-state index in [1.165, 1.54) is 6.92 Å². The van der Waals surface area contributed by atoms with Crippen molar-refractivity contribution in [2.45, 2.75) is 13.1 Å². The number of hydrogen-bond acceptors (Lipinski definition) is 2. The molecule has 0 amide bonds. The summed E-state index contributed by atoms with van der Waals surface area (Å²) < 4.78 is 55.3. The largest absolute Gasteiger partial charge is 0.420 e. The summed E-state index contributed by atoms with van der Waals surface area (Å²) in [6.45, 7) is 1.33. The fourth-order valence-electron chi connectivity index (χ4n) is 1.43. The number of fused-ring (bicyclic) bond motifs is 1. The molecule has 80 valence electrons. The van der Waals surface area contributed by atoms with Gasteiger partial charge in [0.05, 0.1) is 11.1 Å². The minimum Gasteiger partial charge on any atom is -0.356 e. The van der Waals surface area contributed by atoms with E-state index in [1.54, 1.807) is 0 Å². The zero-order valence-corrected chi connectivity index (χ0v) is 7.52. The van der Waals surface area contributed by atoms with Crippen LogP contribution in [0, 0.1) is 12.7 Å². The van der Waals surface area contributed by atoms with Crippen LogP contribution in [0.15, 0.2) is 16.7 Å². The topological polar surface area (TPSA) is 26.0 Å². The van der Waals surface area contributed by atoms with Gasteiger partial charge in [0, 0.05) is 0 Å². The van der Waals surface area contributed by atoms with Crippen molar-refractivity contribution in [3.8, 4) is 0 Å². The van der Waals surface area contributed by atoms with Gasteiger partial charge in [-0.05, 0) is 19.1 Å². The Morgan fingerprint density at radius 3 is 2.53 bits per heavy atom. The zero-order chi connectivity index (χ0) is 11.2. The highest BCUT2D eigenvalue weighted by atomic mass is 19.4. The molecule has 0 aliphatic heterocycles. The number of rotatable bonds is 0. The van der Waals surface area contributed by atoms with Crippen molar-refractivity contribution < 1.29 is 22.1 Å². The number of alkyl halides is 3. The van der Waals surface area contributed by atoms with E-state index in [9.17, 15) is 17.6 Å². The van der Waals surface area contributed by atoms with Crippen LogP contribution in [-0.4, -0.2) is 5.16 Å². The van der Waals surface area contributed by atoms with Gasteiger partial charge in [-0.1, -0.05) is 5.16 Å². The summed E-state index contributed by atoms with van der Waals surface area (Å²) in [6, 6.07) is 1.84. The summed E-state index contributed by atoms with van der Waals surface area (Å²) in [5.41, 5.74) is -1.36. The number of nitrogens with zero attached hydrogens (tertiary/aromatic N) is 1.